The third-order valence-corrected chi connectivity index (χ3v) is 5.98. The molecule has 1 amide bonds. The Morgan fingerprint density at radius 2 is 1.96 bits per heavy atom. The first-order valence-corrected chi connectivity index (χ1v) is 10.5. The Morgan fingerprint density at radius 3 is 2.63 bits per heavy atom. The van der Waals surface area contributed by atoms with Crippen LogP contribution in [0.1, 0.15) is 58.8 Å². The fourth-order valence-corrected chi connectivity index (χ4v) is 4.18. The Bertz CT molecular complexity index is 471. The summed E-state index contributed by atoms with van der Waals surface area (Å²) in [5.41, 5.74) is 0. The summed E-state index contributed by atoms with van der Waals surface area (Å²) in [5.74, 6) is 1.67. The van der Waals surface area contributed by atoms with E-state index >= 15 is 0 Å². The number of rotatable bonds is 7. The number of nitrogens with zero attached hydrogens (tertiary/aromatic N) is 3. The topological polar surface area (TPSA) is 60.0 Å². The van der Waals surface area contributed by atoms with Gasteiger partial charge in [-0.1, -0.05) is 33.1 Å². The molecule has 1 aliphatic heterocycles. The molecule has 0 radical (unpaired) electrons. The summed E-state index contributed by atoms with van der Waals surface area (Å²) in [6, 6.07) is 1.05. The molecule has 7 heteroatoms. The minimum absolute atomic E-state index is 0. The number of carbonyl (C=O) groups excluding carboxylic acids is 1. The van der Waals surface area contributed by atoms with Crippen molar-refractivity contribution < 1.29 is 4.79 Å². The molecule has 0 aromatic carbocycles. The normalized spacial score (nSPS) is 26.4. The van der Waals surface area contributed by atoms with Crippen LogP contribution in [0.4, 0.5) is 0 Å². The van der Waals surface area contributed by atoms with Gasteiger partial charge in [-0.05, 0) is 44.7 Å². The maximum atomic E-state index is 12.0. The number of carbonyl (C=O) groups is 1. The third kappa shape index (κ3) is 8.13. The lowest BCUT2D eigenvalue weighted by atomic mass is 9.84. The Kier molecular flexibility index (Phi) is 11.6. The van der Waals surface area contributed by atoms with E-state index < -0.39 is 0 Å². The molecule has 0 bridgehead atoms. The SMILES string of the molecule is CCC1CCCC(NC(=NCC(=O)N(C)C)NCC2CCCN2CC)C1.I. The van der Waals surface area contributed by atoms with Gasteiger partial charge in [-0.15, -0.1) is 24.0 Å². The predicted molar refractivity (Wildman–Crippen MR) is 124 cm³/mol. The van der Waals surface area contributed by atoms with Gasteiger partial charge in [0.2, 0.25) is 5.91 Å². The molecule has 158 valence electrons. The molecule has 2 fully saturated rings. The van der Waals surface area contributed by atoms with Crippen LogP contribution in [0.3, 0.4) is 0 Å². The standard InChI is InChI=1S/C20H39N5O.HI/c1-5-16-9-7-10-17(13-16)23-20(22-15-19(26)24(3)4)21-14-18-11-8-12-25(18)6-2;/h16-18H,5-15H2,1-4H3,(H2,21,22,23);1H. The second-order valence-corrected chi connectivity index (χ2v) is 8.04. The van der Waals surface area contributed by atoms with E-state index in [0.717, 1.165) is 25.0 Å². The van der Waals surface area contributed by atoms with E-state index in [1.807, 2.05) is 0 Å². The zero-order valence-electron chi connectivity index (χ0n) is 17.7. The maximum Gasteiger partial charge on any atom is 0.243 e. The van der Waals surface area contributed by atoms with Gasteiger partial charge < -0.3 is 15.5 Å². The van der Waals surface area contributed by atoms with Crippen LogP contribution >= 0.6 is 24.0 Å². The van der Waals surface area contributed by atoms with Gasteiger partial charge in [-0.25, -0.2) is 4.99 Å². The monoisotopic (exact) mass is 493 g/mol. The number of nitrogens with one attached hydrogen (secondary N) is 2. The number of likely N-dealkylation sites (tertiary alicyclic amines) is 1. The van der Waals surface area contributed by atoms with Crippen molar-refractivity contribution in [3.8, 4) is 0 Å². The van der Waals surface area contributed by atoms with E-state index in [1.165, 1.54) is 51.5 Å². The zero-order valence-corrected chi connectivity index (χ0v) is 20.0. The van der Waals surface area contributed by atoms with Gasteiger partial charge in [-0.2, -0.15) is 0 Å². The predicted octanol–water partition coefficient (Wildman–Crippen LogP) is 2.68. The van der Waals surface area contributed by atoms with E-state index in [2.05, 4.69) is 34.4 Å². The number of likely N-dealkylation sites (N-methyl/N-ethyl adjacent to an activating group) is 2. The average Bonchev–Trinajstić information content (AvgIpc) is 3.11. The second kappa shape index (κ2) is 12.8. The molecule has 6 nitrogen and oxygen atoms in total. The summed E-state index contributed by atoms with van der Waals surface area (Å²) in [5, 5.41) is 7.15. The number of hydrogen-bond acceptors (Lipinski definition) is 3. The summed E-state index contributed by atoms with van der Waals surface area (Å²) < 4.78 is 0. The number of hydrogen-bond donors (Lipinski definition) is 2. The summed E-state index contributed by atoms with van der Waals surface area (Å²) in [7, 11) is 3.56. The lowest BCUT2D eigenvalue weighted by molar-refractivity contribution is -0.127. The summed E-state index contributed by atoms with van der Waals surface area (Å²) in [6.07, 6.45) is 8.82. The van der Waals surface area contributed by atoms with Crippen molar-refractivity contribution >= 4 is 35.8 Å². The summed E-state index contributed by atoms with van der Waals surface area (Å²) in [6.45, 7) is 7.92. The van der Waals surface area contributed by atoms with E-state index in [-0.39, 0.29) is 36.4 Å². The van der Waals surface area contributed by atoms with Crippen LogP contribution in [0.15, 0.2) is 4.99 Å². The Balaban J connectivity index is 0.00000364. The summed E-state index contributed by atoms with van der Waals surface area (Å²) in [4.78, 5) is 20.7. The van der Waals surface area contributed by atoms with Crippen molar-refractivity contribution in [3.63, 3.8) is 0 Å². The fraction of sp³-hybridized carbons (Fsp3) is 0.900. The van der Waals surface area contributed by atoms with Crippen molar-refractivity contribution in [2.45, 2.75) is 70.9 Å². The van der Waals surface area contributed by atoms with E-state index in [4.69, 9.17) is 0 Å². The van der Waals surface area contributed by atoms with Crippen molar-refractivity contribution in [1.29, 1.82) is 0 Å². The average molecular weight is 493 g/mol. The van der Waals surface area contributed by atoms with Crippen LogP contribution in [0.5, 0.6) is 0 Å². The molecule has 1 saturated heterocycles. The highest BCUT2D eigenvalue weighted by atomic mass is 127. The van der Waals surface area contributed by atoms with Crippen molar-refractivity contribution in [3.05, 3.63) is 0 Å². The highest BCUT2D eigenvalue weighted by Gasteiger charge is 2.24. The third-order valence-electron chi connectivity index (χ3n) is 5.98. The van der Waals surface area contributed by atoms with Crippen molar-refractivity contribution in [1.82, 2.24) is 20.4 Å². The quantitative estimate of drug-likeness (QED) is 0.325. The molecule has 0 aromatic heterocycles. The molecule has 2 rings (SSSR count). The zero-order chi connectivity index (χ0) is 18.9. The Hall–Kier alpha value is -0.570. The van der Waals surface area contributed by atoms with Crippen LogP contribution in [-0.2, 0) is 4.79 Å². The molecule has 1 heterocycles. The summed E-state index contributed by atoms with van der Waals surface area (Å²) >= 11 is 0. The van der Waals surface area contributed by atoms with Gasteiger partial charge >= 0.3 is 0 Å². The second-order valence-electron chi connectivity index (χ2n) is 8.04. The van der Waals surface area contributed by atoms with Gasteiger partial charge in [0, 0.05) is 32.7 Å². The van der Waals surface area contributed by atoms with Crippen LogP contribution in [0, 0.1) is 5.92 Å². The highest BCUT2D eigenvalue weighted by molar-refractivity contribution is 14.0. The molecular formula is C20H40IN5O. The van der Waals surface area contributed by atoms with Gasteiger partial charge in [0.05, 0.1) is 0 Å². The molecule has 1 saturated carbocycles. The van der Waals surface area contributed by atoms with E-state index in [0.29, 0.717) is 12.1 Å². The molecule has 27 heavy (non-hydrogen) atoms. The largest absolute Gasteiger partial charge is 0.355 e. The van der Waals surface area contributed by atoms with Crippen LogP contribution in [-0.4, -0.2) is 74.0 Å². The molecule has 2 N–H and O–H groups in total. The molecular weight excluding hydrogens is 453 g/mol. The smallest absolute Gasteiger partial charge is 0.243 e. The van der Waals surface area contributed by atoms with E-state index in [9.17, 15) is 4.79 Å². The molecule has 1 aliphatic carbocycles. The van der Waals surface area contributed by atoms with Gasteiger partial charge in [0.15, 0.2) is 5.96 Å². The molecule has 3 unspecified atom stereocenters. The van der Waals surface area contributed by atoms with Crippen molar-refractivity contribution in [2.75, 3.05) is 40.3 Å². The maximum absolute atomic E-state index is 12.0. The molecule has 3 atom stereocenters. The number of halogens is 1. The fourth-order valence-electron chi connectivity index (χ4n) is 4.18. The molecule has 0 spiro atoms. The van der Waals surface area contributed by atoms with Gasteiger partial charge in [0.1, 0.15) is 6.54 Å². The lowest BCUT2D eigenvalue weighted by Crippen LogP contribution is -2.49. The van der Waals surface area contributed by atoms with Gasteiger partial charge in [0.25, 0.3) is 0 Å². The minimum Gasteiger partial charge on any atom is -0.355 e. The first-order chi connectivity index (χ1) is 12.5. The Morgan fingerprint density at radius 1 is 1.19 bits per heavy atom. The first kappa shape index (κ1) is 24.5. The lowest BCUT2D eigenvalue weighted by Gasteiger charge is -2.31. The highest BCUT2D eigenvalue weighted by Crippen LogP contribution is 2.26. The van der Waals surface area contributed by atoms with Crippen LogP contribution in [0.25, 0.3) is 0 Å². The van der Waals surface area contributed by atoms with Crippen LogP contribution < -0.4 is 10.6 Å². The Labute approximate surface area is 182 Å². The van der Waals surface area contributed by atoms with E-state index in [1.54, 1.807) is 19.0 Å². The first-order valence-electron chi connectivity index (χ1n) is 10.5. The number of guanidine groups is 1. The van der Waals surface area contributed by atoms with Crippen molar-refractivity contribution in [2.24, 2.45) is 10.9 Å². The number of aliphatic imine (C=N–C) groups is 1. The van der Waals surface area contributed by atoms with Gasteiger partial charge in [-0.3, -0.25) is 9.69 Å². The molecule has 2 aliphatic rings. The number of amides is 1. The van der Waals surface area contributed by atoms with Crippen LogP contribution in [0.2, 0.25) is 0 Å². The minimum atomic E-state index is 0. The molecule has 0 aromatic rings.